The largest absolute Gasteiger partial charge is 0.772 e. The van der Waals surface area contributed by atoms with Crippen molar-refractivity contribution >= 4 is 16.8 Å². The molecule has 0 saturated heterocycles. The molecule has 0 aromatic heterocycles. The van der Waals surface area contributed by atoms with Crippen molar-refractivity contribution in [2.45, 2.75) is 12.2 Å². The Morgan fingerprint density at radius 1 is 1.50 bits per heavy atom. The fraction of sp³-hybridized carbons (Fsp3) is 0.250. The van der Waals surface area contributed by atoms with E-state index in [0.29, 0.717) is 5.56 Å². The van der Waals surface area contributed by atoms with Gasteiger partial charge in [0, 0.05) is 17.4 Å². The zero-order valence-corrected chi connectivity index (χ0v) is 8.19. The van der Waals surface area contributed by atoms with E-state index in [1.54, 1.807) is 6.07 Å². The fourth-order valence-corrected chi connectivity index (χ4v) is 1.37. The zero-order valence-electron chi connectivity index (χ0n) is 7.38. The second kappa shape index (κ2) is 4.30. The van der Waals surface area contributed by atoms with Crippen molar-refractivity contribution in [3.05, 3.63) is 39.9 Å². The topological polar surface area (TPSA) is 83.3 Å². The van der Waals surface area contributed by atoms with E-state index in [2.05, 4.69) is 0 Å². The van der Waals surface area contributed by atoms with Crippen LogP contribution < -0.4 is 0 Å². The summed E-state index contributed by atoms with van der Waals surface area (Å²) in [5.74, 6) is 0. The number of non-ortho nitro benzene ring substituents is 1. The minimum atomic E-state index is -2.26. The Morgan fingerprint density at radius 2 is 2.14 bits per heavy atom. The fourth-order valence-electron chi connectivity index (χ4n) is 1.00. The van der Waals surface area contributed by atoms with Crippen LogP contribution in [0.15, 0.2) is 24.3 Å². The van der Waals surface area contributed by atoms with Gasteiger partial charge in [-0.1, -0.05) is 12.1 Å². The van der Waals surface area contributed by atoms with Crippen LogP contribution in [-0.4, -0.2) is 13.7 Å². The molecule has 0 saturated carbocycles. The van der Waals surface area contributed by atoms with Crippen LogP contribution in [0.5, 0.6) is 0 Å². The number of nitro groups is 1. The molecule has 0 fully saturated rings. The molecule has 0 aliphatic carbocycles. The summed E-state index contributed by atoms with van der Waals surface area (Å²) in [5, 5.41) is 9.67. The molecule has 0 aliphatic rings. The van der Waals surface area contributed by atoms with Gasteiger partial charge in [-0.05, 0) is 23.6 Å². The van der Waals surface area contributed by atoms with Crippen LogP contribution in [0.3, 0.4) is 0 Å². The van der Waals surface area contributed by atoms with Crippen LogP contribution in [0, 0.1) is 10.1 Å². The third-order valence-corrected chi connectivity index (χ3v) is 2.69. The minimum Gasteiger partial charge on any atom is -0.772 e. The Kier molecular flexibility index (Phi) is 3.32. The summed E-state index contributed by atoms with van der Waals surface area (Å²) in [7, 11) is 0. The number of benzene rings is 1. The lowest BCUT2D eigenvalue weighted by molar-refractivity contribution is -0.384. The molecule has 1 aromatic carbocycles. The molecule has 0 aliphatic heterocycles. The summed E-state index contributed by atoms with van der Waals surface area (Å²) in [6, 6.07) is 5.61. The molecule has 0 radical (unpaired) electrons. The summed E-state index contributed by atoms with van der Waals surface area (Å²) < 4.78 is 21.2. The van der Waals surface area contributed by atoms with E-state index >= 15 is 0 Å². The molecule has 0 amide bonds. The molecule has 0 bridgehead atoms. The van der Waals surface area contributed by atoms with Gasteiger partial charge in [0.2, 0.25) is 0 Å². The molecule has 6 heteroatoms. The van der Waals surface area contributed by atoms with Gasteiger partial charge < -0.3 is 4.55 Å². The molecule has 2 atom stereocenters. The number of nitro benzene ring substituents is 1. The first-order valence-corrected chi connectivity index (χ1v) is 4.98. The second-order valence-corrected chi connectivity index (χ2v) is 3.98. The molecule has 0 N–H and O–H groups in total. The van der Waals surface area contributed by atoms with Gasteiger partial charge in [0.15, 0.2) is 0 Å². The second-order valence-electron chi connectivity index (χ2n) is 2.75. The van der Waals surface area contributed by atoms with Crippen LogP contribution in [0.1, 0.15) is 17.7 Å². The molecule has 1 rings (SSSR count). The van der Waals surface area contributed by atoms with E-state index in [0.717, 1.165) is 0 Å². The predicted octanol–water partition coefficient (Wildman–Crippen LogP) is 1.53. The Morgan fingerprint density at radius 3 is 2.64 bits per heavy atom. The van der Waals surface area contributed by atoms with Gasteiger partial charge in [-0.25, -0.2) is 0 Å². The summed E-state index contributed by atoms with van der Waals surface area (Å²) >= 11 is -2.26. The van der Waals surface area contributed by atoms with Crippen LogP contribution in [0.4, 0.5) is 5.69 Å². The van der Waals surface area contributed by atoms with Crippen molar-refractivity contribution in [1.82, 2.24) is 0 Å². The summed E-state index contributed by atoms with van der Waals surface area (Å²) in [6.45, 7) is 1.47. The van der Waals surface area contributed by atoms with E-state index in [1.807, 2.05) is 0 Å². The molecule has 76 valence electrons. The van der Waals surface area contributed by atoms with E-state index in [4.69, 9.17) is 0 Å². The first kappa shape index (κ1) is 10.8. The molecular weight excluding hydrogens is 206 g/mol. The van der Waals surface area contributed by atoms with Gasteiger partial charge >= 0.3 is 0 Å². The SMILES string of the molecule is CC(c1cccc([N+](=O)[O-])c1)S(=O)[O-]. The molecule has 0 spiro atoms. The van der Waals surface area contributed by atoms with Crippen molar-refractivity contribution < 1.29 is 13.7 Å². The van der Waals surface area contributed by atoms with E-state index in [1.165, 1.54) is 25.1 Å². The van der Waals surface area contributed by atoms with Gasteiger partial charge in [0.25, 0.3) is 5.69 Å². The normalized spacial score (nSPS) is 14.7. The van der Waals surface area contributed by atoms with E-state index < -0.39 is 21.3 Å². The van der Waals surface area contributed by atoms with Crippen molar-refractivity contribution in [3.63, 3.8) is 0 Å². The molecule has 1 aromatic rings. The Balaban J connectivity index is 3.05. The first-order valence-electron chi connectivity index (χ1n) is 3.85. The average Bonchev–Trinajstić information content (AvgIpc) is 2.16. The lowest BCUT2D eigenvalue weighted by Gasteiger charge is -2.14. The van der Waals surface area contributed by atoms with Crippen LogP contribution in [0.2, 0.25) is 0 Å². The van der Waals surface area contributed by atoms with Gasteiger partial charge in [-0.15, -0.1) is 0 Å². The highest BCUT2D eigenvalue weighted by Gasteiger charge is 2.10. The Bertz CT molecular complexity index is 379. The minimum absolute atomic E-state index is 0.0974. The molecule has 2 unspecified atom stereocenters. The van der Waals surface area contributed by atoms with Gasteiger partial charge in [-0.3, -0.25) is 14.3 Å². The maximum absolute atomic E-state index is 10.6. The van der Waals surface area contributed by atoms with Crippen LogP contribution >= 0.6 is 0 Å². The first-order chi connectivity index (χ1) is 6.52. The summed E-state index contributed by atoms with van der Waals surface area (Å²) in [6.07, 6.45) is 0. The number of nitrogens with zero attached hydrogens (tertiary/aromatic N) is 1. The average molecular weight is 214 g/mol. The highest BCUT2D eigenvalue weighted by Crippen LogP contribution is 2.22. The van der Waals surface area contributed by atoms with Crippen LogP contribution in [0.25, 0.3) is 0 Å². The van der Waals surface area contributed by atoms with Crippen molar-refractivity contribution in [3.8, 4) is 0 Å². The van der Waals surface area contributed by atoms with Gasteiger partial charge in [0.05, 0.1) is 4.92 Å². The van der Waals surface area contributed by atoms with Crippen molar-refractivity contribution in [1.29, 1.82) is 0 Å². The molecule has 0 heterocycles. The lowest BCUT2D eigenvalue weighted by atomic mass is 10.1. The van der Waals surface area contributed by atoms with Crippen molar-refractivity contribution in [2.75, 3.05) is 0 Å². The standard InChI is InChI=1S/C8H9NO4S/c1-6(14(12)13)7-3-2-4-8(5-7)9(10)11/h2-6H,1H3,(H,12,13)/p-1. The number of hydrogen-bond acceptors (Lipinski definition) is 4. The monoisotopic (exact) mass is 214 g/mol. The third kappa shape index (κ3) is 2.36. The maximum atomic E-state index is 10.6. The van der Waals surface area contributed by atoms with Crippen molar-refractivity contribution in [2.24, 2.45) is 0 Å². The summed E-state index contributed by atoms with van der Waals surface area (Å²) in [4.78, 5) is 9.85. The third-order valence-electron chi connectivity index (χ3n) is 1.84. The Hall–Kier alpha value is -1.27. The molecule has 5 nitrogen and oxygen atoms in total. The van der Waals surface area contributed by atoms with Gasteiger partial charge in [-0.2, -0.15) is 0 Å². The summed E-state index contributed by atoms with van der Waals surface area (Å²) in [5.41, 5.74) is 0.326. The lowest BCUT2D eigenvalue weighted by Crippen LogP contribution is -2.01. The predicted molar refractivity (Wildman–Crippen MR) is 50.4 cm³/mol. The highest BCUT2D eigenvalue weighted by atomic mass is 32.2. The highest BCUT2D eigenvalue weighted by molar-refractivity contribution is 7.79. The maximum Gasteiger partial charge on any atom is 0.269 e. The number of rotatable bonds is 3. The van der Waals surface area contributed by atoms with Crippen LogP contribution in [-0.2, 0) is 11.1 Å². The molecule has 14 heavy (non-hydrogen) atoms. The quantitative estimate of drug-likeness (QED) is 0.434. The van der Waals surface area contributed by atoms with E-state index in [9.17, 15) is 18.9 Å². The Labute approximate surface area is 83.2 Å². The molecular formula is C8H8NO4S-. The zero-order chi connectivity index (χ0) is 10.7. The smallest absolute Gasteiger partial charge is 0.269 e. The van der Waals surface area contributed by atoms with E-state index in [-0.39, 0.29) is 5.69 Å². The number of hydrogen-bond donors (Lipinski definition) is 0. The van der Waals surface area contributed by atoms with Gasteiger partial charge in [0.1, 0.15) is 0 Å².